The molecule has 3 nitrogen and oxygen atoms in total. The Morgan fingerprint density at radius 1 is 1.24 bits per heavy atom. The summed E-state index contributed by atoms with van der Waals surface area (Å²) in [5.74, 6) is -0.258. The van der Waals surface area contributed by atoms with Gasteiger partial charge in [0.1, 0.15) is 10.8 Å². The number of piperidine rings is 1. The minimum absolute atomic E-state index is 0.257. The van der Waals surface area contributed by atoms with E-state index in [4.69, 9.17) is 18.0 Å². The molecule has 5 heteroatoms. The summed E-state index contributed by atoms with van der Waals surface area (Å²) < 4.78 is 13.7. The van der Waals surface area contributed by atoms with Crippen LogP contribution in [-0.2, 0) is 6.54 Å². The Labute approximate surface area is 130 Å². The van der Waals surface area contributed by atoms with Gasteiger partial charge in [-0.25, -0.2) is 4.39 Å². The fourth-order valence-corrected chi connectivity index (χ4v) is 3.62. The Morgan fingerprint density at radius 2 is 2.10 bits per heavy atom. The van der Waals surface area contributed by atoms with E-state index in [2.05, 4.69) is 9.80 Å². The Kier molecular flexibility index (Phi) is 4.52. The topological polar surface area (TPSA) is 32.5 Å². The lowest BCUT2D eigenvalue weighted by Gasteiger charge is -2.44. The van der Waals surface area contributed by atoms with E-state index in [1.807, 2.05) is 6.07 Å². The van der Waals surface area contributed by atoms with Gasteiger partial charge in [0, 0.05) is 37.8 Å². The molecule has 2 aliphatic rings. The molecule has 0 aromatic heterocycles. The SMILES string of the molecule is NC(=S)c1cc(F)cc(CN2CCN3CCCCC3C2)c1. The third-order valence-corrected chi connectivity index (χ3v) is 4.81. The number of fused-ring (bicyclic) bond motifs is 1. The number of nitrogens with zero attached hydrogens (tertiary/aromatic N) is 2. The number of halogens is 1. The predicted octanol–water partition coefficient (Wildman–Crippen LogP) is 2.13. The molecule has 2 saturated heterocycles. The minimum atomic E-state index is -0.258. The van der Waals surface area contributed by atoms with E-state index in [-0.39, 0.29) is 10.8 Å². The van der Waals surface area contributed by atoms with Gasteiger partial charge in [-0.05, 0) is 43.1 Å². The highest BCUT2D eigenvalue weighted by atomic mass is 32.1. The van der Waals surface area contributed by atoms with Gasteiger partial charge in [-0.2, -0.15) is 0 Å². The van der Waals surface area contributed by atoms with Crippen LogP contribution in [0.25, 0.3) is 0 Å². The largest absolute Gasteiger partial charge is 0.389 e. The molecule has 0 bridgehead atoms. The first-order valence-corrected chi connectivity index (χ1v) is 8.08. The Bertz CT molecular complexity index is 534. The van der Waals surface area contributed by atoms with E-state index in [0.29, 0.717) is 11.6 Å². The summed E-state index contributed by atoms with van der Waals surface area (Å²) in [5.41, 5.74) is 7.20. The molecule has 0 aliphatic carbocycles. The molecule has 0 amide bonds. The summed E-state index contributed by atoms with van der Waals surface area (Å²) in [6, 6.07) is 5.59. The molecular formula is C16H22FN3S. The van der Waals surface area contributed by atoms with Gasteiger partial charge in [-0.1, -0.05) is 18.6 Å². The summed E-state index contributed by atoms with van der Waals surface area (Å²) in [7, 11) is 0. The average Bonchev–Trinajstić information content (AvgIpc) is 2.46. The lowest BCUT2D eigenvalue weighted by Crippen LogP contribution is -2.54. The summed E-state index contributed by atoms with van der Waals surface area (Å²) in [6.45, 7) is 5.28. The van der Waals surface area contributed by atoms with Gasteiger partial charge in [0.15, 0.2) is 0 Å². The highest BCUT2D eigenvalue weighted by Crippen LogP contribution is 2.22. The highest BCUT2D eigenvalue weighted by molar-refractivity contribution is 7.80. The second kappa shape index (κ2) is 6.38. The lowest BCUT2D eigenvalue weighted by molar-refractivity contribution is 0.0456. The zero-order valence-electron chi connectivity index (χ0n) is 12.2. The molecule has 21 heavy (non-hydrogen) atoms. The first-order valence-electron chi connectivity index (χ1n) is 7.67. The number of benzene rings is 1. The van der Waals surface area contributed by atoms with E-state index >= 15 is 0 Å². The normalized spacial score (nSPS) is 23.8. The first kappa shape index (κ1) is 14.9. The maximum atomic E-state index is 13.7. The van der Waals surface area contributed by atoms with Crippen molar-refractivity contribution in [2.24, 2.45) is 5.73 Å². The first-order chi connectivity index (χ1) is 10.1. The van der Waals surface area contributed by atoms with Gasteiger partial charge >= 0.3 is 0 Å². The van der Waals surface area contributed by atoms with Crippen molar-refractivity contribution >= 4 is 17.2 Å². The summed E-state index contributed by atoms with van der Waals surface area (Å²) >= 11 is 4.95. The highest BCUT2D eigenvalue weighted by Gasteiger charge is 2.28. The van der Waals surface area contributed by atoms with Crippen LogP contribution in [0.1, 0.15) is 30.4 Å². The standard InChI is InChI=1S/C16H22FN3S/c17-14-8-12(7-13(9-14)16(18)21)10-19-5-6-20-4-2-1-3-15(20)11-19/h7-9,15H,1-6,10-11H2,(H2,18,21). The molecule has 1 atom stereocenters. The molecule has 2 heterocycles. The van der Waals surface area contributed by atoms with E-state index < -0.39 is 0 Å². The van der Waals surface area contributed by atoms with E-state index in [9.17, 15) is 4.39 Å². The third kappa shape index (κ3) is 3.59. The Morgan fingerprint density at radius 3 is 2.90 bits per heavy atom. The van der Waals surface area contributed by atoms with E-state index in [1.165, 1.54) is 31.9 Å². The molecule has 1 unspecified atom stereocenters. The van der Waals surface area contributed by atoms with Gasteiger partial charge in [0.25, 0.3) is 0 Å². The van der Waals surface area contributed by atoms with Crippen molar-refractivity contribution in [2.45, 2.75) is 31.8 Å². The zero-order chi connectivity index (χ0) is 14.8. The molecule has 114 valence electrons. The van der Waals surface area contributed by atoms with Crippen molar-refractivity contribution in [3.63, 3.8) is 0 Å². The van der Waals surface area contributed by atoms with Crippen molar-refractivity contribution < 1.29 is 4.39 Å². The maximum Gasteiger partial charge on any atom is 0.124 e. The average molecular weight is 307 g/mol. The van der Waals surface area contributed by atoms with Crippen LogP contribution >= 0.6 is 12.2 Å². The van der Waals surface area contributed by atoms with Crippen LogP contribution in [-0.4, -0.2) is 47.0 Å². The number of piperazine rings is 1. The molecule has 2 aliphatic heterocycles. The Balaban J connectivity index is 1.68. The second-order valence-electron chi connectivity index (χ2n) is 6.13. The van der Waals surface area contributed by atoms with Crippen molar-refractivity contribution in [1.29, 1.82) is 0 Å². The van der Waals surface area contributed by atoms with Crippen LogP contribution < -0.4 is 5.73 Å². The third-order valence-electron chi connectivity index (χ3n) is 4.57. The van der Waals surface area contributed by atoms with E-state index in [0.717, 1.165) is 31.7 Å². The van der Waals surface area contributed by atoms with Crippen molar-refractivity contribution in [3.8, 4) is 0 Å². The van der Waals surface area contributed by atoms with Gasteiger partial charge in [0.2, 0.25) is 0 Å². The molecule has 0 saturated carbocycles. The molecule has 2 fully saturated rings. The van der Waals surface area contributed by atoms with Gasteiger partial charge < -0.3 is 5.73 Å². The molecule has 0 radical (unpaired) electrons. The maximum absolute atomic E-state index is 13.7. The molecule has 0 spiro atoms. The lowest BCUT2D eigenvalue weighted by atomic mass is 9.99. The van der Waals surface area contributed by atoms with Gasteiger partial charge in [0.05, 0.1) is 0 Å². The summed E-state index contributed by atoms with van der Waals surface area (Å²) in [4.78, 5) is 5.28. The molecule has 1 aromatic rings. The minimum Gasteiger partial charge on any atom is -0.389 e. The number of thiocarbonyl (C=S) groups is 1. The van der Waals surface area contributed by atoms with Crippen LogP contribution in [0, 0.1) is 5.82 Å². The summed E-state index contributed by atoms with van der Waals surface area (Å²) in [5, 5.41) is 0. The fourth-order valence-electron chi connectivity index (χ4n) is 3.51. The van der Waals surface area contributed by atoms with Crippen LogP contribution in [0.4, 0.5) is 4.39 Å². The van der Waals surface area contributed by atoms with E-state index in [1.54, 1.807) is 6.07 Å². The molecule has 3 rings (SSSR count). The Hall–Kier alpha value is -1.04. The smallest absolute Gasteiger partial charge is 0.124 e. The number of hydrogen-bond acceptors (Lipinski definition) is 3. The van der Waals surface area contributed by atoms with Crippen molar-refractivity contribution in [1.82, 2.24) is 9.80 Å². The number of rotatable bonds is 3. The quantitative estimate of drug-likeness (QED) is 0.867. The van der Waals surface area contributed by atoms with Crippen LogP contribution in [0.3, 0.4) is 0 Å². The molecular weight excluding hydrogens is 285 g/mol. The predicted molar refractivity (Wildman–Crippen MR) is 86.8 cm³/mol. The second-order valence-corrected chi connectivity index (χ2v) is 6.57. The van der Waals surface area contributed by atoms with Gasteiger partial charge in [-0.3, -0.25) is 9.80 Å². The fraction of sp³-hybridized carbons (Fsp3) is 0.562. The molecule has 2 N–H and O–H groups in total. The van der Waals surface area contributed by atoms with Crippen LogP contribution in [0.15, 0.2) is 18.2 Å². The van der Waals surface area contributed by atoms with Crippen molar-refractivity contribution in [2.75, 3.05) is 26.2 Å². The number of nitrogens with two attached hydrogens (primary N) is 1. The van der Waals surface area contributed by atoms with Gasteiger partial charge in [-0.15, -0.1) is 0 Å². The zero-order valence-corrected chi connectivity index (χ0v) is 13.0. The van der Waals surface area contributed by atoms with Crippen LogP contribution in [0.2, 0.25) is 0 Å². The number of hydrogen-bond donors (Lipinski definition) is 1. The van der Waals surface area contributed by atoms with Crippen LogP contribution in [0.5, 0.6) is 0 Å². The molecule has 1 aromatic carbocycles. The monoisotopic (exact) mass is 307 g/mol. The van der Waals surface area contributed by atoms with Crippen molar-refractivity contribution in [3.05, 3.63) is 35.1 Å². The summed E-state index contributed by atoms with van der Waals surface area (Å²) in [6.07, 6.45) is 3.95.